The zero-order valence-electron chi connectivity index (χ0n) is 11.6. The number of ether oxygens (including phenoxy) is 1. The van der Waals surface area contributed by atoms with E-state index in [9.17, 15) is 0 Å². The molecule has 2 heterocycles. The van der Waals surface area contributed by atoms with E-state index in [-0.39, 0.29) is 52.8 Å². The van der Waals surface area contributed by atoms with Crippen LogP contribution in [0.15, 0.2) is 48.5 Å². The van der Waals surface area contributed by atoms with Crippen LogP contribution in [-0.2, 0) is 59.4 Å². The molecule has 2 nitrogen and oxygen atoms in total. The second kappa shape index (κ2) is 7.61. The smallest absolute Gasteiger partial charge is 0.0781 e. The number of benzene rings is 2. The summed E-state index contributed by atoms with van der Waals surface area (Å²) in [5.41, 5.74) is 4.79. The normalized spacial score (nSPS) is 11.1. The van der Waals surface area contributed by atoms with Crippen LogP contribution in [0.3, 0.4) is 0 Å². The van der Waals surface area contributed by atoms with Crippen molar-refractivity contribution in [1.29, 1.82) is 0 Å². The van der Waals surface area contributed by atoms with E-state index in [4.69, 9.17) is 4.74 Å². The molecule has 0 unspecified atom stereocenters. The average molecular weight is 537 g/mol. The monoisotopic (exact) mass is 538 g/mol. The maximum absolute atomic E-state index is 5.80. The van der Waals surface area contributed by atoms with Crippen molar-refractivity contribution in [1.82, 2.24) is 4.98 Å². The van der Waals surface area contributed by atoms with Crippen molar-refractivity contribution in [3.05, 3.63) is 72.4 Å². The Morgan fingerprint density at radius 3 is 2.68 bits per heavy atom. The molecule has 0 aliphatic carbocycles. The Morgan fingerprint density at radius 1 is 1.00 bits per heavy atom. The first-order valence-electron chi connectivity index (χ1n) is 6.44. The van der Waals surface area contributed by atoms with Crippen LogP contribution in [0.2, 0.25) is 0 Å². The van der Waals surface area contributed by atoms with Gasteiger partial charge in [0.05, 0.1) is 12.4 Å². The minimum atomic E-state index is 0. The van der Waals surface area contributed by atoms with Gasteiger partial charge in [-0.05, 0) is 0 Å². The fourth-order valence-corrected chi connectivity index (χ4v) is 2.36. The van der Waals surface area contributed by atoms with E-state index in [0.717, 1.165) is 33.7 Å². The molecule has 22 heavy (non-hydrogen) atoms. The first-order valence-corrected chi connectivity index (χ1v) is 6.44. The molecule has 0 atom stereocenters. The van der Waals surface area contributed by atoms with Crippen molar-refractivity contribution < 1.29 is 57.6 Å². The van der Waals surface area contributed by atoms with E-state index in [1.54, 1.807) is 0 Å². The molecule has 0 saturated heterocycles. The van der Waals surface area contributed by atoms with Crippen LogP contribution in [0, 0.1) is 18.3 Å². The van der Waals surface area contributed by atoms with Crippen LogP contribution in [0.25, 0.3) is 22.4 Å². The topological polar surface area (TPSA) is 22.1 Å². The maximum Gasteiger partial charge on any atom is 0.0781 e. The largest absolute Gasteiger partial charge is 0.516 e. The van der Waals surface area contributed by atoms with Gasteiger partial charge in [-0.15, -0.1) is 42.0 Å². The maximum atomic E-state index is 5.80. The summed E-state index contributed by atoms with van der Waals surface area (Å²) in [5.74, 6) is 0.783. The predicted molar refractivity (Wildman–Crippen MR) is 75.9 cm³/mol. The fraction of sp³-hybridized carbons (Fsp3) is 0.0556. The third kappa shape index (κ3) is 3.23. The third-order valence-electron chi connectivity index (χ3n) is 3.36. The molecule has 1 aliphatic heterocycles. The van der Waals surface area contributed by atoms with Crippen molar-refractivity contribution >= 4 is 0 Å². The minimum absolute atomic E-state index is 0. The quantitative estimate of drug-likeness (QED) is 0.442. The number of hydrogen-bond donors (Lipinski definition) is 0. The molecule has 3 aromatic rings. The Balaban J connectivity index is 0.000000882. The Kier molecular flexibility index (Phi) is 6.05. The van der Waals surface area contributed by atoms with Crippen LogP contribution >= 0.6 is 0 Å². The second-order valence-electron chi connectivity index (χ2n) is 4.63. The Bertz CT molecular complexity index is 777. The Morgan fingerprint density at radius 2 is 1.86 bits per heavy atom. The van der Waals surface area contributed by atoms with Gasteiger partial charge in [0.15, 0.2) is 0 Å². The number of aromatic nitrogens is 1. The van der Waals surface area contributed by atoms with E-state index in [2.05, 4.69) is 23.3 Å². The fourth-order valence-electron chi connectivity index (χ4n) is 2.36. The van der Waals surface area contributed by atoms with Crippen LogP contribution in [0.4, 0.5) is 0 Å². The molecule has 1 aliphatic rings. The zero-order valence-corrected chi connectivity index (χ0v) is 16.8. The minimum Gasteiger partial charge on any atom is -0.516 e. The van der Waals surface area contributed by atoms with E-state index < -0.39 is 0 Å². The van der Waals surface area contributed by atoms with Gasteiger partial charge in [0.25, 0.3) is 0 Å². The standard InChI is InChI=1S/C18H10NO.Ir.Y/c1-2-6-13(7-3-1)15-10-17-18(19-11-15)16-9-5-4-8-14(16)12-20-17;;/h1-6,8,10H,12H2;;/q-3;;. The van der Waals surface area contributed by atoms with E-state index in [1.807, 2.05) is 48.5 Å². The number of hydrogen-bond acceptors (Lipinski definition) is 2. The first kappa shape index (κ1) is 17.5. The molecule has 1 aromatic heterocycles. The second-order valence-corrected chi connectivity index (χ2v) is 4.63. The van der Waals surface area contributed by atoms with Gasteiger partial charge >= 0.3 is 0 Å². The number of rotatable bonds is 1. The molecule has 0 N–H and O–H groups in total. The van der Waals surface area contributed by atoms with E-state index in [1.165, 1.54) is 0 Å². The van der Waals surface area contributed by atoms with Crippen molar-refractivity contribution in [2.24, 2.45) is 0 Å². The van der Waals surface area contributed by atoms with Crippen LogP contribution in [0.1, 0.15) is 5.56 Å². The Hall–Kier alpha value is -0.857. The van der Waals surface area contributed by atoms with Crippen LogP contribution < -0.4 is 4.74 Å². The van der Waals surface area contributed by atoms with Gasteiger partial charge < -0.3 is 9.72 Å². The summed E-state index contributed by atoms with van der Waals surface area (Å²) in [7, 11) is 0. The zero-order chi connectivity index (χ0) is 13.4. The van der Waals surface area contributed by atoms with Crippen molar-refractivity contribution in [3.8, 4) is 28.1 Å². The summed E-state index contributed by atoms with van der Waals surface area (Å²) in [6.07, 6.45) is 3.07. The third-order valence-corrected chi connectivity index (χ3v) is 3.36. The molecule has 108 valence electrons. The van der Waals surface area contributed by atoms with Gasteiger partial charge in [0, 0.05) is 58.5 Å². The van der Waals surface area contributed by atoms with Gasteiger partial charge in [-0.1, -0.05) is 11.8 Å². The molecular formula is C18H10IrNOY-3. The molecule has 4 rings (SSSR count). The van der Waals surface area contributed by atoms with Crippen LogP contribution in [0.5, 0.6) is 5.75 Å². The summed E-state index contributed by atoms with van der Waals surface area (Å²) in [6.45, 7) is 0.559. The summed E-state index contributed by atoms with van der Waals surface area (Å²) in [5, 5.41) is 0. The number of pyridine rings is 1. The number of fused-ring (bicyclic) bond motifs is 3. The molecule has 0 spiro atoms. The molecule has 2 radical (unpaired) electrons. The number of nitrogens with zero attached hydrogens (tertiary/aromatic N) is 1. The van der Waals surface area contributed by atoms with Gasteiger partial charge in [-0.25, -0.2) is 11.1 Å². The van der Waals surface area contributed by atoms with Gasteiger partial charge in [0.1, 0.15) is 0 Å². The van der Waals surface area contributed by atoms with Crippen molar-refractivity contribution in [2.75, 3.05) is 0 Å². The SMILES string of the molecule is [Ir].[Y].[c-]1ccccc1-c1[c-]nc2c(c1)OCc1ccc[c-]c1-2. The predicted octanol–water partition coefficient (Wildman–Crippen LogP) is 3.70. The molecule has 0 bridgehead atoms. The molecule has 2 aromatic carbocycles. The van der Waals surface area contributed by atoms with Gasteiger partial charge in [-0.3, -0.25) is 0 Å². The average Bonchev–Trinajstić information content (AvgIpc) is 2.55. The summed E-state index contributed by atoms with van der Waals surface area (Å²) in [4.78, 5) is 4.44. The van der Waals surface area contributed by atoms with E-state index >= 15 is 0 Å². The van der Waals surface area contributed by atoms with Gasteiger partial charge in [-0.2, -0.15) is 24.3 Å². The molecule has 0 amide bonds. The molecular weight excluding hydrogens is 527 g/mol. The van der Waals surface area contributed by atoms with E-state index in [0.29, 0.717) is 6.61 Å². The Labute approximate surface area is 168 Å². The van der Waals surface area contributed by atoms with Crippen molar-refractivity contribution in [3.63, 3.8) is 0 Å². The molecule has 0 saturated carbocycles. The molecule has 4 heteroatoms. The van der Waals surface area contributed by atoms with Crippen LogP contribution in [-0.4, -0.2) is 4.98 Å². The first-order chi connectivity index (χ1) is 9.92. The summed E-state index contributed by atoms with van der Waals surface area (Å²) in [6, 6.07) is 22.1. The molecule has 0 fully saturated rings. The summed E-state index contributed by atoms with van der Waals surface area (Å²) >= 11 is 0. The summed E-state index contributed by atoms with van der Waals surface area (Å²) < 4.78 is 5.80. The van der Waals surface area contributed by atoms with Gasteiger partial charge in [0.2, 0.25) is 0 Å². The van der Waals surface area contributed by atoms with Crippen molar-refractivity contribution in [2.45, 2.75) is 6.61 Å².